The first-order valence-electron chi connectivity index (χ1n) is 11.8. The molecule has 0 saturated carbocycles. The quantitative estimate of drug-likeness (QED) is 0.143. The zero-order valence-corrected chi connectivity index (χ0v) is 22.4. The Morgan fingerprint density at radius 2 is 1.42 bits per heavy atom. The number of Topliss-reactive ketones (excluding diaryl/α,β-unsaturated/α-hetero) is 2. The summed E-state index contributed by atoms with van der Waals surface area (Å²) in [6.45, 7) is 4.82. The Kier molecular flexibility index (Phi) is 4.64. The van der Waals surface area contributed by atoms with Crippen molar-refractivity contribution in [3.8, 4) is 0 Å². The van der Waals surface area contributed by atoms with Crippen LogP contribution < -0.4 is 15.3 Å². The molecule has 0 atom stereocenters. The van der Waals surface area contributed by atoms with E-state index >= 15 is 0 Å². The fraction of sp³-hybridized carbons (Fsp3) is 0.0667. The minimum Gasteiger partial charge on any atom is -0.302 e. The number of benzene rings is 3. The standard InChI is InChI=1S/C30H21NO2S2Si/c1-36(2)26-9-5-3-7-23(26)31(24-8-4-6-10-27(24)36)28-12-11-19(35-28)16-22-29(32)20-15-18-13-14-34-25(18)17-21(20)30(22)33/h3-17H,1-2H3/b22-16+. The second-order valence-corrected chi connectivity index (χ2v) is 16.1. The smallest absolute Gasteiger partial charge is 0.197 e. The lowest BCUT2D eigenvalue weighted by Crippen LogP contribution is -2.58. The minimum absolute atomic E-state index is 0.179. The third-order valence-corrected chi connectivity index (χ3v) is 12.8. The third kappa shape index (κ3) is 3.02. The number of nitrogens with zero attached hydrogens (tertiary/aromatic N) is 1. The summed E-state index contributed by atoms with van der Waals surface area (Å²) in [7, 11) is -1.84. The number of fused-ring (bicyclic) bond motifs is 4. The van der Waals surface area contributed by atoms with E-state index in [0.717, 1.165) is 20.0 Å². The molecule has 3 heterocycles. The maximum Gasteiger partial charge on any atom is 0.197 e. The fourth-order valence-electron chi connectivity index (χ4n) is 5.50. The van der Waals surface area contributed by atoms with E-state index in [9.17, 15) is 9.59 Å². The van der Waals surface area contributed by atoms with Crippen molar-refractivity contribution in [2.45, 2.75) is 13.1 Å². The van der Waals surface area contributed by atoms with E-state index in [1.165, 1.54) is 21.7 Å². The van der Waals surface area contributed by atoms with Gasteiger partial charge in [0, 0.05) is 32.1 Å². The maximum absolute atomic E-state index is 13.2. The first-order valence-corrected chi connectivity index (χ1v) is 16.5. The van der Waals surface area contributed by atoms with Gasteiger partial charge in [-0.2, -0.15) is 0 Å². The topological polar surface area (TPSA) is 37.4 Å². The van der Waals surface area contributed by atoms with E-state index in [1.54, 1.807) is 28.7 Å². The molecular formula is C30H21NO2S2Si. The van der Waals surface area contributed by atoms with Crippen molar-refractivity contribution in [2.24, 2.45) is 0 Å². The van der Waals surface area contributed by atoms with Crippen molar-refractivity contribution < 1.29 is 9.59 Å². The molecule has 0 amide bonds. The van der Waals surface area contributed by atoms with Gasteiger partial charge in [-0.05, 0) is 69.7 Å². The van der Waals surface area contributed by atoms with Crippen LogP contribution in [0.2, 0.25) is 13.1 Å². The van der Waals surface area contributed by atoms with Crippen molar-refractivity contribution in [1.29, 1.82) is 0 Å². The number of para-hydroxylation sites is 2. The highest BCUT2D eigenvalue weighted by molar-refractivity contribution is 7.17. The number of allylic oxidation sites excluding steroid dienone is 1. The highest BCUT2D eigenvalue weighted by atomic mass is 32.1. The molecule has 3 aromatic carbocycles. The Morgan fingerprint density at radius 3 is 2.11 bits per heavy atom. The largest absolute Gasteiger partial charge is 0.302 e. The highest BCUT2D eigenvalue weighted by Crippen LogP contribution is 2.42. The van der Waals surface area contributed by atoms with Crippen molar-refractivity contribution >= 4 is 85.2 Å². The van der Waals surface area contributed by atoms with Crippen LogP contribution in [0.25, 0.3) is 16.2 Å². The molecule has 2 aliphatic rings. The van der Waals surface area contributed by atoms with Crippen molar-refractivity contribution in [3.63, 3.8) is 0 Å². The number of carbonyl (C=O) groups is 2. The van der Waals surface area contributed by atoms with Gasteiger partial charge in [-0.15, -0.1) is 22.7 Å². The van der Waals surface area contributed by atoms with Crippen LogP contribution in [-0.2, 0) is 0 Å². The molecule has 0 radical (unpaired) electrons. The minimum atomic E-state index is -1.84. The van der Waals surface area contributed by atoms with Gasteiger partial charge in [0.2, 0.25) is 0 Å². The summed E-state index contributed by atoms with van der Waals surface area (Å²) >= 11 is 3.19. The number of hydrogen-bond acceptors (Lipinski definition) is 5. The average Bonchev–Trinajstić information content (AvgIpc) is 3.59. The van der Waals surface area contributed by atoms with Crippen LogP contribution >= 0.6 is 22.7 Å². The van der Waals surface area contributed by atoms with Gasteiger partial charge in [-0.3, -0.25) is 9.59 Å². The van der Waals surface area contributed by atoms with E-state index in [2.05, 4.69) is 72.6 Å². The van der Waals surface area contributed by atoms with Crippen molar-refractivity contribution in [2.75, 3.05) is 4.90 Å². The lowest BCUT2D eigenvalue weighted by Gasteiger charge is -2.40. The second kappa shape index (κ2) is 7.71. The van der Waals surface area contributed by atoms with Crippen molar-refractivity contribution in [1.82, 2.24) is 0 Å². The average molecular weight is 520 g/mol. The van der Waals surface area contributed by atoms with E-state index in [1.807, 2.05) is 29.6 Å². The van der Waals surface area contributed by atoms with Gasteiger partial charge in [-0.25, -0.2) is 0 Å². The maximum atomic E-state index is 13.2. The molecule has 0 unspecified atom stereocenters. The van der Waals surface area contributed by atoms with Crippen LogP contribution in [0.15, 0.2) is 89.8 Å². The lowest BCUT2D eigenvalue weighted by atomic mass is 10.1. The van der Waals surface area contributed by atoms with Gasteiger partial charge >= 0.3 is 0 Å². The Bertz CT molecular complexity index is 1670. The molecule has 5 aromatic rings. The molecule has 174 valence electrons. The van der Waals surface area contributed by atoms with Gasteiger partial charge in [0.25, 0.3) is 0 Å². The molecule has 2 aromatic heterocycles. The van der Waals surface area contributed by atoms with Crippen LogP contribution in [-0.4, -0.2) is 19.6 Å². The Balaban J connectivity index is 1.32. The zero-order valence-electron chi connectivity index (χ0n) is 19.7. The normalized spacial score (nSPS) is 16.9. The first kappa shape index (κ1) is 21.7. The lowest BCUT2D eigenvalue weighted by molar-refractivity contribution is 0.0990. The van der Waals surface area contributed by atoms with E-state index < -0.39 is 8.07 Å². The molecule has 7 rings (SSSR count). The Labute approximate surface area is 218 Å². The van der Waals surface area contributed by atoms with Crippen molar-refractivity contribution in [3.05, 3.63) is 106 Å². The second-order valence-electron chi connectivity index (χ2n) is 9.74. The monoisotopic (exact) mass is 519 g/mol. The number of hydrogen-bond donors (Lipinski definition) is 0. The summed E-state index contributed by atoms with van der Waals surface area (Å²) in [6, 6.07) is 27.2. The Hall–Kier alpha value is -3.58. The molecule has 1 aliphatic heterocycles. The van der Waals surface area contributed by atoms with Gasteiger partial charge < -0.3 is 4.90 Å². The predicted molar refractivity (Wildman–Crippen MR) is 154 cm³/mol. The van der Waals surface area contributed by atoms with Gasteiger partial charge in [0.15, 0.2) is 11.6 Å². The number of ketones is 2. The highest BCUT2D eigenvalue weighted by Gasteiger charge is 2.38. The summed E-state index contributed by atoms with van der Waals surface area (Å²) in [5, 5.41) is 6.89. The summed E-state index contributed by atoms with van der Waals surface area (Å²) in [5.41, 5.74) is 3.72. The van der Waals surface area contributed by atoms with Gasteiger partial charge in [-0.1, -0.05) is 49.5 Å². The van der Waals surface area contributed by atoms with Crippen LogP contribution in [0, 0.1) is 0 Å². The zero-order chi connectivity index (χ0) is 24.6. The molecule has 0 saturated heterocycles. The molecule has 0 N–H and O–H groups in total. The molecule has 3 nitrogen and oxygen atoms in total. The number of anilines is 3. The molecule has 0 bridgehead atoms. The van der Waals surface area contributed by atoms with Gasteiger partial charge in [0.1, 0.15) is 13.1 Å². The number of carbonyl (C=O) groups excluding carboxylic acids is 2. The first-order chi connectivity index (χ1) is 17.4. The van der Waals surface area contributed by atoms with Crippen LogP contribution in [0.5, 0.6) is 0 Å². The molecule has 0 fully saturated rings. The molecule has 1 aliphatic carbocycles. The van der Waals surface area contributed by atoms with E-state index in [-0.39, 0.29) is 17.1 Å². The summed E-state index contributed by atoms with van der Waals surface area (Å²) in [4.78, 5) is 29.6. The van der Waals surface area contributed by atoms with Crippen LogP contribution in [0.1, 0.15) is 25.6 Å². The van der Waals surface area contributed by atoms with Crippen LogP contribution in [0.4, 0.5) is 16.4 Å². The SMILES string of the molecule is C[Si]1(C)c2ccccc2N(c2ccc(/C=C3\C(=O)c4cc5ccsc5cc4C3=O)s2)c2ccccc21. The van der Waals surface area contributed by atoms with E-state index in [4.69, 9.17) is 0 Å². The summed E-state index contributed by atoms with van der Waals surface area (Å²) < 4.78 is 1.03. The number of rotatable bonds is 2. The molecule has 36 heavy (non-hydrogen) atoms. The third-order valence-electron chi connectivity index (χ3n) is 7.33. The summed E-state index contributed by atoms with van der Waals surface area (Å²) in [6.07, 6.45) is 1.77. The van der Waals surface area contributed by atoms with Crippen LogP contribution in [0.3, 0.4) is 0 Å². The molecular weight excluding hydrogens is 499 g/mol. The number of thiophene rings is 2. The molecule has 6 heteroatoms. The predicted octanol–water partition coefficient (Wildman–Crippen LogP) is 7.03. The summed E-state index contributed by atoms with van der Waals surface area (Å²) in [5.74, 6) is -0.360. The Morgan fingerprint density at radius 1 is 0.778 bits per heavy atom. The molecule has 0 spiro atoms. The van der Waals surface area contributed by atoms with Gasteiger partial charge in [0.05, 0.1) is 5.57 Å². The fourth-order valence-corrected chi connectivity index (χ4v) is 10.3. The van der Waals surface area contributed by atoms with E-state index in [0.29, 0.717) is 11.1 Å².